The summed E-state index contributed by atoms with van der Waals surface area (Å²) in [5, 5.41) is 24.0. The monoisotopic (exact) mass is 294 g/mol. The lowest BCUT2D eigenvalue weighted by molar-refractivity contribution is -0.384. The Balaban J connectivity index is 2.05. The first-order valence-electron chi connectivity index (χ1n) is 7.44. The fraction of sp³-hybridized carbons (Fsp3) is 0.600. The van der Waals surface area contributed by atoms with Gasteiger partial charge in [0.05, 0.1) is 23.7 Å². The van der Waals surface area contributed by atoms with Gasteiger partial charge in [-0.25, -0.2) is 0 Å². The number of non-ortho nitro benzene ring substituents is 1. The average Bonchev–Trinajstić information content (AvgIpc) is 2.88. The Morgan fingerprint density at radius 2 is 2.24 bits per heavy atom. The van der Waals surface area contributed by atoms with E-state index in [1.807, 2.05) is 6.92 Å². The quantitative estimate of drug-likeness (QED) is 0.596. The highest BCUT2D eigenvalue weighted by Crippen LogP contribution is 2.29. The molecular formula is C15H22N2O4. The van der Waals surface area contributed by atoms with Crippen molar-refractivity contribution in [3.8, 4) is 5.75 Å². The van der Waals surface area contributed by atoms with E-state index in [2.05, 4.69) is 5.32 Å². The minimum absolute atomic E-state index is 0.0121. The van der Waals surface area contributed by atoms with Crippen molar-refractivity contribution < 1.29 is 14.8 Å². The molecular weight excluding hydrogens is 272 g/mol. The fourth-order valence-corrected chi connectivity index (χ4v) is 2.60. The van der Waals surface area contributed by atoms with E-state index < -0.39 is 4.92 Å². The van der Waals surface area contributed by atoms with Gasteiger partial charge in [-0.3, -0.25) is 10.1 Å². The number of hydrogen-bond donors (Lipinski definition) is 2. The Bertz CT molecular complexity index is 493. The number of ether oxygens (including phenoxy) is 1. The smallest absolute Gasteiger partial charge is 0.275 e. The number of benzene rings is 1. The minimum Gasteiger partial charge on any atom is -0.493 e. The van der Waals surface area contributed by atoms with Crippen LogP contribution >= 0.6 is 0 Å². The standard InChI is InChI=1S/C15H22N2O4/c1-2-6-21-14-8-12(7-13(9-14)17(19)20)16-10-11-4-3-5-15(11)18/h7-9,11,15-16,18H,2-6,10H2,1H3. The number of nitro groups is 1. The van der Waals surface area contributed by atoms with Crippen molar-refractivity contribution >= 4 is 11.4 Å². The largest absolute Gasteiger partial charge is 0.493 e. The second kappa shape index (κ2) is 7.26. The predicted octanol–water partition coefficient (Wildman–Crippen LogP) is 2.96. The van der Waals surface area contributed by atoms with E-state index >= 15 is 0 Å². The molecule has 0 spiro atoms. The number of nitrogens with zero attached hydrogens (tertiary/aromatic N) is 1. The zero-order valence-corrected chi connectivity index (χ0v) is 12.2. The van der Waals surface area contributed by atoms with E-state index in [9.17, 15) is 15.2 Å². The predicted molar refractivity (Wildman–Crippen MR) is 80.7 cm³/mol. The Morgan fingerprint density at radius 3 is 2.86 bits per heavy atom. The van der Waals surface area contributed by atoms with Crippen molar-refractivity contribution in [2.45, 2.75) is 38.7 Å². The van der Waals surface area contributed by atoms with Crippen LogP contribution in [0.5, 0.6) is 5.75 Å². The lowest BCUT2D eigenvalue weighted by Crippen LogP contribution is -2.21. The highest BCUT2D eigenvalue weighted by molar-refractivity contribution is 5.56. The van der Waals surface area contributed by atoms with Gasteiger partial charge in [-0.05, 0) is 19.3 Å². The molecule has 2 atom stereocenters. The summed E-state index contributed by atoms with van der Waals surface area (Å²) in [6.07, 6.45) is 3.44. The van der Waals surface area contributed by atoms with Crippen LogP contribution in [0.4, 0.5) is 11.4 Å². The molecule has 1 aliphatic rings. The first-order valence-corrected chi connectivity index (χ1v) is 7.44. The summed E-state index contributed by atoms with van der Waals surface area (Å²) in [6.45, 7) is 3.13. The number of hydrogen-bond acceptors (Lipinski definition) is 5. The van der Waals surface area contributed by atoms with Gasteiger partial charge in [-0.1, -0.05) is 13.3 Å². The van der Waals surface area contributed by atoms with Gasteiger partial charge in [-0.15, -0.1) is 0 Å². The summed E-state index contributed by atoms with van der Waals surface area (Å²) in [6, 6.07) is 4.70. The van der Waals surface area contributed by atoms with Crippen LogP contribution in [-0.2, 0) is 0 Å². The molecule has 1 aromatic rings. The summed E-state index contributed by atoms with van der Waals surface area (Å²) in [7, 11) is 0. The molecule has 6 nitrogen and oxygen atoms in total. The Hall–Kier alpha value is -1.82. The molecule has 0 saturated heterocycles. The average molecular weight is 294 g/mol. The van der Waals surface area contributed by atoms with E-state index in [-0.39, 0.29) is 17.7 Å². The molecule has 1 aliphatic carbocycles. The lowest BCUT2D eigenvalue weighted by Gasteiger charge is -2.16. The maximum absolute atomic E-state index is 11.0. The summed E-state index contributed by atoms with van der Waals surface area (Å²) >= 11 is 0. The third-order valence-corrected chi connectivity index (χ3v) is 3.76. The Morgan fingerprint density at radius 1 is 1.43 bits per heavy atom. The number of anilines is 1. The third-order valence-electron chi connectivity index (χ3n) is 3.76. The van der Waals surface area contributed by atoms with E-state index in [1.54, 1.807) is 6.07 Å². The molecule has 21 heavy (non-hydrogen) atoms. The maximum atomic E-state index is 11.0. The summed E-state index contributed by atoms with van der Waals surface area (Å²) in [5.41, 5.74) is 0.674. The van der Waals surface area contributed by atoms with Crippen molar-refractivity contribution in [3.63, 3.8) is 0 Å². The van der Waals surface area contributed by atoms with Crippen molar-refractivity contribution in [2.24, 2.45) is 5.92 Å². The van der Waals surface area contributed by atoms with Gasteiger partial charge in [0.15, 0.2) is 0 Å². The normalized spacial score (nSPS) is 21.2. The molecule has 0 bridgehead atoms. The van der Waals surface area contributed by atoms with Crippen molar-refractivity contribution in [1.82, 2.24) is 0 Å². The number of rotatable bonds is 7. The molecule has 2 N–H and O–H groups in total. The van der Waals surface area contributed by atoms with Gasteiger partial charge >= 0.3 is 0 Å². The van der Waals surface area contributed by atoms with Crippen molar-refractivity contribution in [3.05, 3.63) is 28.3 Å². The van der Waals surface area contributed by atoms with Gasteiger partial charge in [0.25, 0.3) is 5.69 Å². The van der Waals surface area contributed by atoms with Crippen LogP contribution in [0.25, 0.3) is 0 Å². The molecule has 0 aliphatic heterocycles. The zero-order valence-electron chi connectivity index (χ0n) is 12.2. The molecule has 6 heteroatoms. The Kier molecular flexibility index (Phi) is 5.38. The third kappa shape index (κ3) is 4.32. The second-order valence-corrected chi connectivity index (χ2v) is 5.46. The Labute approximate surface area is 124 Å². The minimum atomic E-state index is -0.422. The molecule has 1 fully saturated rings. The van der Waals surface area contributed by atoms with Crippen LogP contribution in [0.3, 0.4) is 0 Å². The highest BCUT2D eigenvalue weighted by atomic mass is 16.6. The molecule has 0 aromatic heterocycles. The summed E-state index contributed by atoms with van der Waals surface area (Å²) in [5.74, 6) is 0.713. The van der Waals surface area contributed by atoms with Gasteiger partial charge in [-0.2, -0.15) is 0 Å². The van der Waals surface area contributed by atoms with E-state index in [1.165, 1.54) is 12.1 Å². The van der Waals surface area contributed by atoms with E-state index in [4.69, 9.17) is 4.74 Å². The van der Waals surface area contributed by atoms with E-state index in [0.717, 1.165) is 25.7 Å². The SMILES string of the molecule is CCCOc1cc(NCC2CCCC2O)cc([N+](=O)[O-])c1. The van der Waals surface area contributed by atoms with Crippen molar-refractivity contribution in [1.29, 1.82) is 0 Å². The molecule has 2 rings (SSSR count). The van der Waals surface area contributed by atoms with Crippen LogP contribution < -0.4 is 10.1 Å². The molecule has 1 saturated carbocycles. The molecule has 0 heterocycles. The van der Waals surface area contributed by atoms with Crippen LogP contribution in [-0.4, -0.2) is 29.3 Å². The molecule has 0 radical (unpaired) electrons. The number of aliphatic hydroxyl groups excluding tert-OH is 1. The van der Waals surface area contributed by atoms with Crippen LogP contribution in [0.2, 0.25) is 0 Å². The molecule has 1 aromatic carbocycles. The van der Waals surface area contributed by atoms with Crippen molar-refractivity contribution in [2.75, 3.05) is 18.5 Å². The summed E-state index contributed by atoms with van der Waals surface area (Å²) < 4.78 is 5.49. The topological polar surface area (TPSA) is 84.6 Å². The number of aliphatic hydroxyl groups is 1. The summed E-state index contributed by atoms with van der Waals surface area (Å²) in [4.78, 5) is 10.6. The second-order valence-electron chi connectivity index (χ2n) is 5.46. The van der Waals surface area contributed by atoms with Gasteiger partial charge in [0.2, 0.25) is 0 Å². The van der Waals surface area contributed by atoms with Crippen LogP contribution in [0, 0.1) is 16.0 Å². The van der Waals surface area contributed by atoms with E-state index in [0.29, 0.717) is 24.6 Å². The van der Waals surface area contributed by atoms with Crippen LogP contribution in [0.15, 0.2) is 18.2 Å². The fourth-order valence-electron chi connectivity index (χ4n) is 2.60. The first-order chi connectivity index (χ1) is 10.1. The van der Waals surface area contributed by atoms with Crippen LogP contribution in [0.1, 0.15) is 32.6 Å². The lowest BCUT2D eigenvalue weighted by atomic mass is 10.1. The zero-order chi connectivity index (χ0) is 15.2. The molecule has 0 amide bonds. The van der Waals surface area contributed by atoms with Gasteiger partial charge in [0.1, 0.15) is 5.75 Å². The highest BCUT2D eigenvalue weighted by Gasteiger charge is 2.24. The van der Waals surface area contributed by atoms with Gasteiger partial charge < -0.3 is 15.2 Å². The molecule has 2 unspecified atom stereocenters. The maximum Gasteiger partial charge on any atom is 0.275 e. The first kappa shape index (κ1) is 15.6. The molecule has 116 valence electrons. The number of nitrogens with one attached hydrogen (secondary N) is 1. The van der Waals surface area contributed by atoms with Gasteiger partial charge in [0, 0.05) is 30.3 Å². The number of nitro benzene ring substituents is 1.